The third-order valence-corrected chi connectivity index (χ3v) is 5.76. The van der Waals surface area contributed by atoms with Gasteiger partial charge in [0.25, 0.3) is 5.91 Å². The molecule has 1 aromatic carbocycles. The maximum atomic E-state index is 13.3. The molecule has 0 spiro atoms. The Morgan fingerprint density at radius 3 is 2.44 bits per heavy atom. The summed E-state index contributed by atoms with van der Waals surface area (Å²) in [6, 6.07) is 11.5. The van der Waals surface area contributed by atoms with Crippen LogP contribution < -0.4 is 4.74 Å². The number of unbranched alkanes of at least 4 members (excludes halogenated alkanes) is 1. The van der Waals surface area contributed by atoms with Crippen LogP contribution in [-0.4, -0.2) is 51.9 Å². The Morgan fingerprint density at radius 1 is 1.16 bits per heavy atom. The predicted molar refractivity (Wildman–Crippen MR) is 127 cm³/mol. The monoisotopic (exact) mass is 439 g/mol. The maximum Gasteiger partial charge on any atom is 0.254 e. The number of carbonyl (C=O) groups excluding carboxylic acids is 2. The topological polar surface area (TPSA) is 54.8 Å². The molecular weight excluding hydrogens is 402 g/mol. The van der Waals surface area contributed by atoms with E-state index < -0.39 is 0 Å². The molecule has 0 saturated heterocycles. The van der Waals surface area contributed by atoms with Crippen molar-refractivity contribution < 1.29 is 14.3 Å². The van der Waals surface area contributed by atoms with Crippen LogP contribution in [0.1, 0.15) is 62.5 Å². The zero-order valence-corrected chi connectivity index (χ0v) is 19.9. The van der Waals surface area contributed by atoms with Gasteiger partial charge in [-0.25, -0.2) is 0 Å². The fourth-order valence-corrected chi connectivity index (χ4v) is 3.74. The Hall–Kier alpha value is -2.76. The van der Waals surface area contributed by atoms with E-state index in [0.717, 1.165) is 37.1 Å². The van der Waals surface area contributed by atoms with Crippen LogP contribution in [0.25, 0.3) is 0 Å². The zero-order valence-electron chi connectivity index (χ0n) is 19.9. The van der Waals surface area contributed by atoms with E-state index >= 15 is 0 Å². The smallest absolute Gasteiger partial charge is 0.254 e. The van der Waals surface area contributed by atoms with Crippen molar-refractivity contribution in [3.8, 4) is 5.75 Å². The number of aromatic nitrogens is 1. The molecule has 174 valence electrons. The van der Waals surface area contributed by atoms with E-state index in [1.54, 1.807) is 17.0 Å². The molecule has 6 heteroatoms. The number of hydrogen-bond acceptors (Lipinski definition) is 3. The molecule has 1 heterocycles. The van der Waals surface area contributed by atoms with Gasteiger partial charge in [0.15, 0.2) is 0 Å². The molecule has 1 aliphatic carbocycles. The number of hydrogen-bond donors (Lipinski definition) is 0. The summed E-state index contributed by atoms with van der Waals surface area (Å²) in [4.78, 5) is 30.2. The largest absolute Gasteiger partial charge is 0.494 e. The van der Waals surface area contributed by atoms with Gasteiger partial charge in [0.05, 0.1) is 13.2 Å². The predicted octanol–water partition coefficient (Wildman–Crippen LogP) is 4.49. The Bertz CT molecular complexity index is 884. The Kier molecular flexibility index (Phi) is 8.37. The van der Waals surface area contributed by atoms with Crippen molar-refractivity contribution in [1.29, 1.82) is 0 Å². The van der Waals surface area contributed by atoms with Gasteiger partial charge in [0.1, 0.15) is 12.3 Å². The molecule has 1 aliphatic rings. The highest BCUT2D eigenvalue weighted by molar-refractivity contribution is 5.97. The summed E-state index contributed by atoms with van der Waals surface area (Å²) in [5, 5.41) is 0. The van der Waals surface area contributed by atoms with Gasteiger partial charge in [-0.1, -0.05) is 27.2 Å². The van der Waals surface area contributed by atoms with Gasteiger partial charge in [-0.05, 0) is 61.6 Å². The van der Waals surface area contributed by atoms with Crippen LogP contribution in [0.5, 0.6) is 5.75 Å². The van der Waals surface area contributed by atoms with Crippen LogP contribution in [0.15, 0.2) is 42.6 Å². The third kappa shape index (κ3) is 6.62. The summed E-state index contributed by atoms with van der Waals surface area (Å²) in [7, 11) is 1.99. The molecule has 1 aromatic heterocycles. The molecule has 0 radical (unpaired) electrons. The summed E-state index contributed by atoms with van der Waals surface area (Å²) < 4.78 is 7.74. The van der Waals surface area contributed by atoms with Gasteiger partial charge in [-0.2, -0.15) is 0 Å². The summed E-state index contributed by atoms with van der Waals surface area (Å²) in [6.07, 6.45) is 5.99. The SMILES string of the molecule is CCCCOc1ccc(C(=O)N(CC(=O)N(Cc2cccn2C)CC(C)C)C2CC2)cc1. The number of benzene rings is 1. The van der Waals surface area contributed by atoms with Gasteiger partial charge in [-0.3, -0.25) is 9.59 Å². The number of amides is 2. The maximum absolute atomic E-state index is 13.3. The highest BCUT2D eigenvalue weighted by Crippen LogP contribution is 2.29. The number of aryl methyl sites for hydroxylation is 1. The first-order chi connectivity index (χ1) is 15.4. The molecule has 0 unspecified atom stereocenters. The first-order valence-corrected chi connectivity index (χ1v) is 11.8. The Balaban J connectivity index is 1.68. The van der Waals surface area contributed by atoms with Crippen LogP contribution >= 0.6 is 0 Å². The summed E-state index contributed by atoms with van der Waals surface area (Å²) in [6.45, 7) is 8.37. The van der Waals surface area contributed by atoms with Gasteiger partial charge in [0.2, 0.25) is 5.91 Å². The quantitative estimate of drug-likeness (QED) is 0.458. The van der Waals surface area contributed by atoms with Crippen molar-refractivity contribution in [2.75, 3.05) is 19.7 Å². The fraction of sp³-hybridized carbons (Fsp3) is 0.538. The Morgan fingerprint density at radius 2 is 1.88 bits per heavy atom. The van der Waals surface area contributed by atoms with Crippen molar-refractivity contribution in [3.05, 3.63) is 53.9 Å². The standard InChI is InChI=1S/C26H37N3O3/c1-5-6-16-32-24-13-9-21(10-14-24)26(31)29(22-11-12-22)19-25(30)28(17-20(2)3)18-23-8-7-15-27(23)4/h7-10,13-15,20,22H,5-6,11-12,16-19H2,1-4H3. The number of carbonyl (C=O) groups is 2. The minimum absolute atomic E-state index is 0.000306. The molecule has 0 atom stereocenters. The fourth-order valence-electron chi connectivity index (χ4n) is 3.74. The van der Waals surface area contributed by atoms with Crippen molar-refractivity contribution in [1.82, 2.24) is 14.4 Å². The zero-order chi connectivity index (χ0) is 23.1. The highest BCUT2D eigenvalue weighted by atomic mass is 16.5. The van der Waals surface area contributed by atoms with Crippen LogP contribution in [0.3, 0.4) is 0 Å². The molecule has 1 saturated carbocycles. The van der Waals surface area contributed by atoms with Gasteiger partial charge >= 0.3 is 0 Å². The van der Waals surface area contributed by atoms with E-state index in [-0.39, 0.29) is 24.4 Å². The molecule has 32 heavy (non-hydrogen) atoms. The molecule has 0 aliphatic heterocycles. The molecule has 3 rings (SSSR count). The van der Waals surface area contributed by atoms with Crippen molar-refractivity contribution in [2.24, 2.45) is 13.0 Å². The molecule has 2 aromatic rings. The molecule has 2 amide bonds. The minimum Gasteiger partial charge on any atom is -0.494 e. The lowest BCUT2D eigenvalue weighted by molar-refractivity contribution is -0.133. The summed E-state index contributed by atoms with van der Waals surface area (Å²) in [5.74, 6) is 1.04. The van der Waals surface area contributed by atoms with Crippen molar-refractivity contribution in [3.63, 3.8) is 0 Å². The van der Waals surface area contributed by atoms with Crippen LogP contribution in [0.2, 0.25) is 0 Å². The molecule has 0 N–H and O–H groups in total. The second-order valence-electron chi connectivity index (χ2n) is 9.17. The van der Waals surface area contributed by atoms with E-state index in [0.29, 0.717) is 31.2 Å². The van der Waals surface area contributed by atoms with E-state index in [9.17, 15) is 9.59 Å². The van der Waals surface area contributed by atoms with Gasteiger partial charge in [-0.15, -0.1) is 0 Å². The lowest BCUT2D eigenvalue weighted by Crippen LogP contribution is -2.45. The van der Waals surface area contributed by atoms with Gasteiger partial charge < -0.3 is 19.1 Å². The Labute approximate surface area is 192 Å². The average Bonchev–Trinajstić information content (AvgIpc) is 3.53. The normalized spacial score (nSPS) is 13.3. The lowest BCUT2D eigenvalue weighted by Gasteiger charge is -2.29. The van der Waals surface area contributed by atoms with Crippen LogP contribution in [0, 0.1) is 5.92 Å². The average molecular weight is 440 g/mol. The molecule has 6 nitrogen and oxygen atoms in total. The summed E-state index contributed by atoms with van der Waals surface area (Å²) in [5.41, 5.74) is 1.69. The molecular formula is C26H37N3O3. The molecule has 1 fully saturated rings. The van der Waals surface area contributed by atoms with Crippen molar-refractivity contribution >= 4 is 11.8 Å². The highest BCUT2D eigenvalue weighted by Gasteiger charge is 2.35. The first-order valence-electron chi connectivity index (χ1n) is 11.8. The number of ether oxygens (including phenoxy) is 1. The van der Waals surface area contributed by atoms with E-state index in [4.69, 9.17) is 4.74 Å². The van der Waals surface area contributed by atoms with Gasteiger partial charge in [0, 0.05) is 37.1 Å². The van der Waals surface area contributed by atoms with E-state index in [1.165, 1.54) is 0 Å². The minimum atomic E-state index is -0.0793. The van der Waals surface area contributed by atoms with Crippen molar-refractivity contribution in [2.45, 2.75) is 59.0 Å². The van der Waals surface area contributed by atoms with Crippen LogP contribution in [0.4, 0.5) is 0 Å². The lowest BCUT2D eigenvalue weighted by atomic mass is 10.1. The van der Waals surface area contributed by atoms with E-state index in [1.807, 2.05) is 47.0 Å². The van der Waals surface area contributed by atoms with Crippen LogP contribution in [-0.2, 0) is 18.4 Å². The number of nitrogens with zero attached hydrogens (tertiary/aromatic N) is 3. The summed E-state index contributed by atoms with van der Waals surface area (Å²) >= 11 is 0. The second kappa shape index (κ2) is 11.2. The third-order valence-electron chi connectivity index (χ3n) is 5.76. The number of rotatable bonds is 12. The molecule has 0 bridgehead atoms. The first kappa shape index (κ1) is 23.9. The second-order valence-corrected chi connectivity index (χ2v) is 9.17. The van der Waals surface area contributed by atoms with E-state index in [2.05, 4.69) is 20.8 Å².